The largest absolute Gasteiger partial charge is 0.334 e. The molecule has 2 aliphatic heterocycles. The van der Waals surface area contributed by atoms with Crippen LogP contribution in [0.4, 0.5) is 0 Å². The van der Waals surface area contributed by atoms with Crippen LogP contribution in [0.2, 0.25) is 0 Å². The van der Waals surface area contributed by atoms with Gasteiger partial charge in [-0.3, -0.25) is 4.79 Å². The smallest absolute Gasteiger partial charge is 0.225 e. The summed E-state index contributed by atoms with van der Waals surface area (Å²) >= 11 is 0. The highest BCUT2D eigenvalue weighted by Gasteiger charge is 2.56. The summed E-state index contributed by atoms with van der Waals surface area (Å²) in [4.78, 5) is 12.3. The number of carbonyl (C=O) groups excluding carboxylic acids is 1. The molecule has 0 radical (unpaired) electrons. The van der Waals surface area contributed by atoms with Crippen LogP contribution in [0.1, 0.15) is 71.5 Å². The summed E-state index contributed by atoms with van der Waals surface area (Å²) in [7, 11) is -0.885. The van der Waals surface area contributed by atoms with Crippen LogP contribution in [0.25, 0.3) is 0 Å². The van der Waals surface area contributed by atoms with Crippen molar-refractivity contribution < 1.29 is 14.3 Å². The zero-order chi connectivity index (χ0) is 24.7. The van der Waals surface area contributed by atoms with Crippen LogP contribution in [-0.2, 0) is 15.3 Å². The van der Waals surface area contributed by atoms with Crippen LogP contribution in [0.3, 0.4) is 0 Å². The van der Waals surface area contributed by atoms with Gasteiger partial charge in [0.15, 0.2) is 6.29 Å². The van der Waals surface area contributed by atoms with E-state index in [1.165, 1.54) is 15.9 Å². The highest BCUT2D eigenvalue weighted by atomic mass is 31.1. The minimum atomic E-state index is -1.09. The van der Waals surface area contributed by atoms with E-state index in [1.54, 1.807) is 0 Å². The molecule has 180 valence electrons. The van der Waals surface area contributed by atoms with E-state index in [-0.39, 0.29) is 12.2 Å². The first kappa shape index (κ1) is 23.3. The molecule has 0 saturated carbocycles. The standard InChI is InChI=1S/C32H29O3P/c1-3-27-25-18-11-13-22(21-33)30(25)32(34-27)31-26(28(4-2)35-32)19-12-20-29(31)36(23-14-7-5-8-15-23)24-16-9-6-10-17-24/h5-21,27-28H,3-4H2,1-2H3/t27-,28-,32-/m0/s1. The molecule has 0 unspecified atom stereocenters. The molecular weight excluding hydrogens is 463 g/mol. The molecule has 0 amide bonds. The summed E-state index contributed by atoms with van der Waals surface area (Å²) < 4.78 is 13.8. The molecule has 0 fully saturated rings. The zero-order valence-corrected chi connectivity index (χ0v) is 21.5. The Labute approximate surface area is 213 Å². The summed E-state index contributed by atoms with van der Waals surface area (Å²) in [5.41, 5.74) is 4.83. The van der Waals surface area contributed by atoms with Gasteiger partial charge in [-0.2, -0.15) is 0 Å². The normalized spacial score (nSPS) is 22.1. The number of rotatable bonds is 6. The molecule has 36 heavy (non-hydrogen) atoms. The molecule has 0 aliphatic carbocycles. The third-order valence-electron chi connectivity index (χ3n) is 7.31. The van der Waals surface area contributed by atoms with Gasteiger partial charge in [0.05, 0.1) is 12.2 Å². The van der Waals surface area contributed by atoms with Crippen LogP contribution < -0.4 is 15.9 Å². The molecule has 3 nitrogen and oxygen atoms in total. The van der Waals surface area contributed by atoms with Crippen LogP contribution in [0, 0.1) is 0 Å². The highest BCUT2D eigenvalue weighted by molar-refractivity contribution is 7.79. The van der Waals surface area contributed by atoms with Crippen LogP contribution in [0.5, 0.6) is 0 Å². The predicted octanol–water partition coefficient (Wildman–Crippen LogP) is 6.42. The number of fused-ring (bicyclic) bond motifs is 4. The number of aldehydes is 1. The summed E-state index contributed by atoms with van der Waals surface area (Å²) in [6.45, 7) is 4.27. The molecule has 0 N–H and O–H groups in total. The lowest BCUT2D eigenvalue weighted by molar-refractivity contribution is -0.235. The predicted molar refractivity (Wildman–Crippen MR) is 146 cm³/mol. The van der Waals surface area contributed by atoms with Crippen molar-refractivity contribution in [2.24, 2.45) is 0 Å². The van der Waals surface area contributed by atoms with Gasteiger partial charge in [-0.15, -0.1) is 0 Å². The van der Waals surface area contributed by atoms with Crippen molar-refractivity contribution in [3.63, 3.8) is 0 Å². The highest BCUT2D eigenvalue weighted by Crippen LogP contribution is 2.59. The molecule has 4 aromatic rings. The molecule has 4 heteroatoms. The van der Waals surface area contributed by atoms with Crippen LogP contribution in [0.15, 0.2) is 97.1 Å². The van der Waals surface area contributed by atoms with E-state index in [0.29, 0.717) is 5.56 Å². The van der Waals surface area contributed by atoms with Gasteiger partial charge in [0.1, 0.15) is 0 Å². The molecule has 2 aliphatic rings. The van der Waals surface area contributed by atoms with Gasteiger partial charge in [-0.1, -0.05) is 111 Å². The molecule has 1 spiro atoms. The summed E-state index contributed by atoms with van der Waals surface area (Å²) in [6.07, 6.45) is 2.35. The second-order valence-electron chi connectivity index (χ2n) is 9.32. The van der Waals surface area contributed by atoms with Gasteiger partial charge < -0.3 is 9.47 Å². The summed E-state index contributed by atoms with van der Waals surface area (Å²) in [5.74, 6) is -1.09. The second kappa shape index (κ2) is 9.41. The average Bonchev–Trinajstić information content (AvgIpc) is 3.45. The van der Waals surface area contributed by atoms with Gasteiger partial charge >= 0.3 is 0 Å². The van der Waals surface area contributed by atoms with Crippen LogP contribution >= 0.6 is 7.92 Å². The Morgan fingerprint density at radius 2 is 1.22 bits per heavy atom. The fraction of sp³-hybridized carbons (Fsp3) is 0.219. The molecule has 3 atom stereocenters. The summed E-state index contributed by atoms with van der Waals surface area (Å²) in [6, 6.07) is 33.9. The molecule has 0 aromatic heterocycles. The van der Waals surface area contributed by atoms with E-state index in [9.17, 15) is 4.79 Å². The van der Waals surface area contributed by atoms with E-state index in [1.807, 2.05) is 12.1 Å². The zero-order valence-electron chi connectivity index (χ0n) is 20.6. The van der Waals surface area contributed by atoms with Gasteiger partial charge in [-0.25, -0.2) is 0 Å². The second-order valence-corrected chi connectivity index (χ2v) is 11.5. The Bertz CT molecular complexity index is 1360. The van der Waals surface area contributed by atoms with Crippen molar-refractivity contribution in [3.05, 3.63) is 125 Å². The SMILES string of the molecule is CC[C@@H]1O[C@]2(O[C@@H](CC)c3cccc(P(c4ccccc4)c4ccccc4)c32)c2c(C=O)cccc21. The van der Waals surface area contributed by atoms with Crippen molar-refractivity contribution >= 4 is 30.1 Å². The van der Waals surface area contributed by atoms with Gasteiger partial charge in [-0.05, 0) is 47.8 Å². The number of hydrogen-bond donors (Lipinski definition) is 0. The van der Waals surface area contributed by atoms with Gasteiger partial charge in [0, 0.05) is 16.7 Å². The molecule has 0 bridgehead atoms. The first-order valence-electron chi connectivity index (χ1n) is 12.7. The monoisotopic (exact) mass is 492 g/mol. The van der Waals surface area contributed by atoms with E-state index >= 15 is 0 Å². The van der Waals surface area contributed by atoms with Crippen molar-refractivity contribution in [2.75, 3.05) is 0 Å². The number of hydrogen-bond acceptors (Lipinski definition) is 3. The van der Waals surface area contributed by atoms with E-state index in [4.69, 9.17) is 9.47 Å². The number of benzene rings is 4. The van der Waals surface area contributed by atoms with E-state index in [2.05, 4.69) is 98.8 Å². The fourth-order valence-corrected chi connectivity index (χ4v) is 8.34. The molecule has 6 rings (SSSR count). The lowest BCUT2D eigenvalue weighted by Crippen LogP contribution is -2.35. The molecular formula is C32H29O3P. The maximum Gasteiger partial charge on any atom is 0.225 e. The Morgan fingerprint density at radius 3 is 1.75 bits per heavy atom. The molecule has 0 saturated heterocycles. The lowest BCUT2D eigenvalue weighted by Gasteiger charge is -2.31. The molecule has 4 aromatic carbocycles. The Morgan fingerprint density at radius 1 is 0.694 bits per heavy atom. The van der Waals surface area contributed by atoms with Crippen molar-refractivity contribution in [2.45, 2.75) is 44.7 Å². The maximum absolute atomic E-state index is 12.3. The Hall–Kier alpha value is -3.10. The van der Waals surface area contributed by atoms with Gasteiger partial charge in [0.2, 0.25) is 5.79 Å². The van der Waals surface area contributed by atoms with E-state index in [0.717, 1.165) is 41.4 Å². The van der Waals surface area contributed by atoms with E-state index < -0.39 is 13.7 Å². The third-order valence-corrected chi connectivity index (χ3v) is 9.79. The number of carbonyl (C=O) groups is 1. The minimum Gasteiger partial charge on any atom is -0.334 e. The minimum absolute atomic E-state index is 0.105. The lowest BCUT2D eigenvalue weighted by atomic mass is 9.89. The van der Waals surface area contributed by atoms with Crippen molar-refractivity contribution in [1.82, 2.24) is 0 Å². The summed E-state index contributed by atoms with van der Waals surface area (Å²) in [5, 5.41) is 3.77. The van der Waals surface area contributed by atoms with Gasteiger partial charge in [0.25, 0.3) is 0 Å². The topological polar surface area (TPSA) is 35.5 Å². The fourth-order valence-electron chi connectivity index (χ4n) is 5.81. The Balaban J connectivity index is 1.67. The first-order chi connectivity index (χ1) is 17.7. The molecule has 2 heterocycles. The quantitative estimate of drug-likeness (QED) is 0.230. The van der Waals surface area contributed by atoms with Crippen molar-refractivity contribution in [1.29, 1.82) is 0 Å². The Kier molecular flexibility index (Phi) is 6.09. The number of ether oxygens (including phenoxy) is 2. The third kappa shape index (κ3) is 3.50. The maximum atomic E-state index is 12.3. The van der Waals surface area contributed by atoms with Crippen LogP contribution in [-0.4, -0.2) is 6.29 Å². The van der Waals surface area contributed by atoms with Crippen molar-refractivity contribution in [3.8, 4) is 0 Å². The first-order valence-corrected chi connectivity index (χ1v) is 14.0. The average molecular weight is 493 g/mol.